The number of nitrogens with zero attached hydrogens (tertiary/aromatic N) is 2. The Morgan fingerprint density at radius 2 is 1.54 bits per heavy atom. The van der Waals surface area contributed by atoms with Crippen molar-refractivity contribution in [3.8, 4) is 0 Å². The lowest BCUT2D eigenvalue weighted by Gasteiger charge is -2.44. The molecule has 2 aromatic carbocycles. The lowest BCUT2D eigenvalue weighted by atomic mass is 9.82. The summed E-state index contributed by atoms with van der Waals surface area (Å²) in [6.07, 6.45) is 3.68. The van der Waals surface area contributed by atoms with E-state index in [1.54, 1.807) is 36.4 Å². The van der Waals surface area contributed by atoms with Gasteiger partial charge in [0.15, 0.2) is 0 Å². The minimum atomic E-state index is -0.859. The molecule has 37 heavy (non-hydrogen) atoms. The molecule has 1 saturated heterocycles. The molecule has 2 aliphatic rings. The molecule has 0 aromatic heterocycles. The quantitative estimate of drug-likeness (QED) is 0.533. The number of amides is 4. The Labute approximate surface area is 217 Å². The van der Waals surface area contributed by atoms with E-state index in [2.05, 4.69) is 15.5 Å². The molecule has 9 heteroatoms. The molecule has 4 rings (SSSR count). The molecule has 1 aliphatic carbocycles. The van der Waals surface area contributed by atoms with Gasteiger partial charge in [0, 0.05) is 50.4 Å². The van der Waals surface area contributed by atoms with Crippen molar-refractivity contribution < 1.29 is 19.2 Å². The summed E-state index contributed by atoms with van der Waals surface area (Å²) in [6.45, 7) is 3.96. The molecule has 3 atom stereocenters. The second-order valence-corrected chi connectivity index (χ2v) is 9.80. The van der Waals surface area contributed by atoms with E-state index in [1.165, 1.54) is 6.92 Å². The van der Waals surface area contributed by atoms with Gasteiger partial charge >= 0.3 is 0 Å². The van der Waals surface area contributed by atoms with E-state index < -0.39 is 11.9 Å². The molecule has 196 valence electrons. The fraction of sp³-hybridized carbons (Fsp3) is 0.429. The van der Waals surface area contributed by atoms with Crippen LogP contribution in [0.3, 0.4) is 0 Å². The van der Waals surface area contributed by atoms with Gasteiger partial charge in [-0.2, -0.15) is 0 Å². The van der Waals surface area contributed by atoms with E-state index in [0.29, 0.717) is 43.0 Å². The third kappa shape index (κ3) is 6.54. The van der Waals surface area contributed by atoms with Crippen molar-refractivity contribution >= 4 is 29.3 Å². The van der Waals surface area contributed by atoms with Gasteiger partial charge in [-0.1, -0.05) is 43.2 Å². The van der Waals surface area contributed by atoms with Crippen LogP contribution in [0.5, 0.6) is 0 Å². The third-order valence-electron chi connectivity index (χ3n) is 7.29. The lowest BCUT2D eigenvalue weighted by Crippen LogP contribution is -2.56. The summed E-state index contributed by atoms with van der Waals surface area (Å²) in [4.78, 5) is 53.9. The molecule has 1 heterocycles. The average molecular weight is 506 g/mol. The van der Waals surface area contributed by atoms with Gasteiger partial charge in [-0.15, -0.1) is 0 Å². The van der Waals surface area contributed by atoms with Crippen molar-refractivity contribution in [3.63, 3.8) is 0 Å². The highest BCUT2D eigenvalue weighted by molar-refractivity contribution is 5.95. The molecule has 1 aliphatic heterocycles. The highest BCUT2D eigenvalue weighted by Crippen LogP contribution is 2.30. The maximum atomic E-state index is 13.4. The zero-order valence-corrected chi connectivity index (χ0v) is 21.2. The number of hydrogen-bond acceptors (Lipinski definition) is 5. The van der Waals surface area contributed by atoms with Crippen LogP contribution in [0.4, 0.5) is 5.69 Å². The molecule has 0 radical (unpaired) electrons. The molecule has 9 nitrogen and oxygen atoms in total. The number of piperazine rings is 1. The number of carbonyl (C=O) groups excluding carboxylic acids is 4. The monoisotopic (exact) mass is 505 g/mol. The zero-order chi connectivity index (χ0) is 26.4. The first-order chi connectivity index (χ1) is 17.8. The van der Waals surface area contributed by atoms with Crippen molar-refractivity contribution in [2.75, 3.05) is 31.5 Å². The van der Waals surface area contributed by atoms with Crippen molar-refractivity contribution in [1.29, 1.82) is 0 Å². The molecule has 4 N–H and O–H groups in total. The first-order valence-electron chi connectivity index (χ1n) is 12.9. The molecular weight excluding hydrogens is 470 g/mol. The van der Waals surface area contributed by atoms with Crippen molar-refractivity contribution in [3.05, 3.63) is 65.7 Å². The number of benzene rings is 2. The van der Waals surface area contributed by atoms with Crippen LogP contribution in [0.25, 0.3) is 0 Å². The minimum Gasteiger partial charge on any atom is -0.368 e. The highest BCUT2D eigenvalue weighted by atomic mass is 16.2. The molecule has 4 amide bonds. The summed E-state index contributed by atoms with van der Waals surface area (Å²) in [5.74, 6) is -1.16. The van der Waals surface area contributed by atoms with Gasteiger partial charge < -0.3 is 21.3 Å². The SMILES string of the molecule is CC(=O)Nc1ccc(C(=O)N2CCN([C@@H]3CCCC[C@H]3C(=O)N[C@H](C(N)=O)c3ccccc3)CC2)cc1. The first-order valence-corrected chi connectivity index (χ1v) is 12.9. The predicted octanol–water partition coefficient (Wildman–Crippen LogP) is 2.30. The number of anilines is 1. The second kappa shape index (κ2) is 12.0. The maximum absolute atomic E-state index is 13.4. The Morgan fingerprint density at radius 3 is 2.16 bits per heavy atom. The number of nitrogens with one attached hydrogen (secondary N) is 2. The number of primary amides is 1. The largest absolute Gasteiger partial charge is 0.368 e. The fourth-order valence-corrected chi connectivity index (χ4v) is 5.41. The molecule has 2 aromatic rings. The average Bonchev–Trinajstić information content (AvgIpc) is 2.91. The van der Waals surface area contributed by atoms with Gasteiger partial charge in [0.05, 0.1) is 5.92 Å². The lowest BCUT2D eigenvalue weighted by molar-refractivity contribution is -0.133. The Balaban J connectivity index is 1.37. The van der Waals surface area contributed by atoms with E-state index in [9.17, 15) is 19.2 Å². The standard InChI is InChI=1S/C28H35N5O4/c1-19(34)30-22-13-11-21(12-14-22)28(37)33-17-15-32(16-18-33)24-10-6-5-9-23(24)27(36)31-25(26(29)35)20-7-3-2-4-8-20/h2-4,7-8,11-14,23-25H,5-6,9-10,15-18H2,1H3,(H2,29,35)(H,30,34)(H,31,36)/t23-,24-,25+/m1/s1. The van der Waals surface area contributed by atoms with Gasteiger partial charge in [0.2, 0.25) is 17.7 Å². The van der Waals surface area contributed by atoms with Crippen LogP contribution in [0.1, 0.15) is 54.6 Å². The fourth-order valence-electron chi connectivity index (χ4n) is 5.41. The first kappa shape index (κ1) is 26.3. The van der Waals surface area contributed by atoms with Gasteiger partial charge in [-0.05, 0) is 42.7 Å². The van der Waals surface area contributed by atoms with Crippen molar-refractivity contribution in [2.24, 2.45) is 11.7 Å². The van der Waals surface area contributed by atoms with Gasteiger partial charge in [-0.25, -0.2) is 0 Å². The number of rotatable bonds is 7. The molecule has 0 spiro atoms. The normalized spacial score (nSPS) is 21.1. The molecule has 0 unspecified atom stereocenters. The Morgan fingerprint density at radius 1 is 0.892 bits per heavy atom. The number of nitrogens with two attached hydrogens (primary N) is 1. The summed E-state index contributed by atoms with van der Waals surface area (Å²) in [5.41, 5.74) is 7.53. The number of hydrogen-bond donors (Lipinski definition) is 3. The van der Waals surface area contributed by atoms with Gasteiger partial charge in [0.25, 0.3) is 5.91 Å². The van der Waals surface area contributed by atoms with Gasteiger partial charge in [0.1, 0.15) is 6.04 Å². The minimum absolute atomic E-state index is 0.0425. The van der Waals surface area contributed by atoms with Crippen LogP contribution in [0, 0.1) is 5.92 Å². The van der Waals surface area contributed by atoms with Crippen LogP contribution in [-0.2, 0) is 14.4 Å². The van der Waals surface area contributed by atoms with Crippen LogP contribution >= 0.6 is 0 Å². The van der Waals surface area contributed by atoms with Crippen LogP contribution < -0.4 is 16.4 Å². The predicted molar refractivity (Wildman–Crippen MR) is 140 cm³/mol. The number of carbonyl (C=O) groups is 4. The third-order valence-corrected chi connectivity index (χ3v) is 7.29. The highest BCUT2D eigenvalue weighted by Gasteiger charge is 2.38. The summed E-state index contributed by atoms with van der Waals surface area (Å²) >= 11 is 0. The molecular formula is C28H35N5O4. The van der Waals surface area contributed by atoms with E-state index in [4.69, 9.17) is 5.73 Å². The summed E-state index contributed by atoms with van der Waals surface area (Å²) in [7, 11) is 0. The maximum Gasteiger partial charge on any atom is 0.253 e. The van der Waals surface area contributed by atoms with Crippen LogP contribution in [0.2, 0.25) is 0 Å². The Hall–Kier alpha value is -3.72. The zero-order valence-electron chi connectivity index (χ0n) is 21.2. The topological polar surface area (TPSA) is 125 Å². The second-order valence-electron chi connectivity index (χ2n) is 9.80. The van der Waals surface area contributed by atoms with E-state index in [0.717, 1.165) is 25.7 Å². The molecule has 1 saturated carbocycles. The van der Waals surface area contributed by atoms with Crippen LogP contribution in [0.15, 0.2) is 54.6 Å². The van der Waals surface area contributed by atoms with Crippen LogP contribution in [-0.4, -0.2) is 65.6 Å². The smallest absolute Gasteiger partial charge is 0.253 e. The van der Waals surface area contributed by atoms with Gasteiger partial charge in [-0.3, -0.25) is 24.1 Å². The Bertz CT molecular complexity index is 1110. The van der Waals surface area contributed by atoms with E-state index >= 15 is 0 Å². The van der Waals surface area contributed by atoms with Crippen molar-refractivity contribution in [1.82, 2.24) is 15.1 Å². The molecule has 2 fully saturated rings. The summed E-state index contributed by atoms with van der Waals surface area (Å²) in [5, 5.41) is 5.61. The van der Waals surface area contributed by atoms with Crippen molar-refractivity contribution in [2.45, 2.75) is 44.7 Å². The van der Waals surface area contributed by atoms with E-state index in [-0.39, 0.29) is 29.7 Å². The summed E-state index contributed by atoms with van der Waals surface area (Å²) in [6, 6.07) is 15.2. The van der Waals surface area contributed by atoms with E-state index in [1.807, 2.05) is 23.1 Å². The summed E-state index contributed by atoms with van der Waals surface area (Å²) < 4.78 is 0. The molecule has 0 bridgehead atoms. The Kier molecular flexibility index (Phi) is 8.55.